The van der Waals surface area contributed by atoms with Crippen molar-refractivity contribution in [1.29, 1.82) is 0 Å². The van der Waals surface area contributed by atoms with Crippen LogP contribution in [0.4, 0.5) is 5.69 Å². The number of carbonyl (C=O) groups is 6. The van der Waals surface area contributed by atoms with E-state index in [0.29, 0.717) is 21.6 Å². The van der Waals surface area contributed by atoms with E-state index in [1.165, 1.54) is 35.6 Å². The SMILES string of the molecule is O=C1N[C@@H](Cc2ccccc2)C(=O)N[C@@H](C(=O)O)Cc2ccc(cc2)NC(=O)[C@H](O)[C@@H](O)C(=O)N[C@@H](Cc2cccs2)C(=O)N[C@H]1Cc1ccc(-c2ccccc2)cc1. The lowest BCUT2D eigenvalue weighted by Gasteiger charge is -2.27. The zero-order chi connectivity index (χ0) is 41.9. The highest BCUT2D eigenvalue weighted by Gasteiger charge is 2.35. The average molecular weight is 818 g/mol. The molecule has 3 heterocycles. The maximum Gasteiger partial charge on any atom is 0.326 e. The molecule has 6 atom stereocenters. The molecule has 14 nitrogen and oxygen atoms in total. The number of anilines is 1. The Labute approximate surface area is 343 Å². The predicted molar refractivity (Wildman–Crippen MR) is 220 cm³/mol. The van der Waals surface area contributed by atoms with E-state index in [2.05, 4.69) is 26.6 Å². The van der Waals surface area contributed by atoms with Crippen LogP contribution in [0.2, 0.25) is 0 Å². The van der Waals surface area contributed by atoms with Crippen LogP contribution in [0.1, 0.15) is 21.6 Å². The quantitative estimate of drug-likeness (QED) is 0.108. The van der Waals surface area contributed by atoms with Gasteiger partial charge in [-0.25, -0.2) is 4.79 Å². The Balaban J connectivity index is 1.37. The number of carbonyl (C=O) groups excluding carboxylic acids is 5. The first kappa shape index (κ1) is 41.9. The number of aliphatic hydroxyl groups excluding tert-OH is 2. The van der Waals surface area contributed by atoms with Crippen molar-refractivity contribution in [1.82, 2.24) is 21.3 Å². The molecule has 2 aliphatic heterocycles. The number of amides is 5. The van der Waals surface area contributed by atoms with Gasteiger partial charge in [-0.1, -0.05) is 103 Å². The fourth-order valence-electron chi connectivity index (χ4n) is 6.54. The van der Waals surface area contributed by atoms with E-state index >= 15 is 0 Å². The van der Waals surface area contributed by atoms with Gasteiger partial charge in [0.15, 0.2) is 12.2 Å². The smallest absolute Gasteiger partial charge is 0.326 e. The second kappa shape index (κ2) is 19.7. The first-order chi connectivity index (χ1) is 28.4. The first-order valence-electron chi connectivity index (χ1n) is 18.8. The minimum atomic E-state index is -2.30. The summed E-state index contributed by atoms with van der Waals surface area (Å²) >= 11 is 1.29. The second-order valence-corrected chi connectivity index (χ2v) is 15.1. The number of aliphatic carboxylic acids is 1. The maximum absolute atomic E-state index is 14.4. The van der Waals surface area contributed by atoms with Gasteiger partial charge in [0.2, 0.25) is 17.7 Å². The van der Waals surface area contributed by atoms with Gasteiger partial charge in [0.1, 0.15) is 24.2 Å². The number of carboxylic acid groups (broad SMARTS) is 1. The molecule has 2 bridgehead atoms. The van der Waals surface area contributed by atoms with Crippen LogP contribution in [0.25, 0.3) is 11.1 Å². The molecule has 0 saturated carbocycles. The summed E-state index contributed by atoms with van der Waals surface area (Å²) in [6.45, 7) is 0. The zero-order valence-electron chi connectivity index (χ0n) is 31.6. The van der Waals surface area contributed by atoms with Gasteiger partial charge in [0.25, 0.3) is 11.8 Å². The Morgan fingerprint density at radius 1 is 0.542 bits per heavy atom. The van der Waals surface area contributed by atoms with Crippen LogP contribution in [0.15, 0.2) is 127 Å². The van der Waals surface area contributed by atoms with E-state index < -0.39 is 71.9 Å². The Morgan fingerprint density at radius 2 is 1.05 bits per heavy atom. The number of thiophene rings is 1. The van der Waals surface area contributed by atoms with Gasteiger partial charge in [-0.2, -0.15) is 0 Å². The summed E-state index contributed by atoms with van der Waals surface area (Å²) in [6.07, 6.45) is -4.89. The summed E-state index contributed by atoms with van der Waals surface area (Å²) < 4.78 is 0. The van der Waals surface area contributed by atoms with E-state index in [0.717, 1.165) is 11.1 Å². The number of hydrogen-bond acceptors (Lipinski definition) is 9. The highest BCUT2D eigenvalue weighted by molar-refractivity contribution is 7.09. The van der Waals surface area contributed by atoms with E-state index in [9.17, 15) is 44.1 Å². The normalized spacial score (nSPS) is 22.2. The number of benzene rings is 4. The second-order valence-electron chi connectivity index (χ2n) is 14.1. The Kier molecular flexibility index (Phi) is 14.0. The standard InChI is InChI=1S/C44H43N5O9S/c50-37-38(51)43(56)48-35(25-32-12-7-21-59-32)41(54)47-34(23-27-13-17-30(18-14-27)29-10-5-2-6-11-29)39(52)46-33(22-26-8-3-1-4-9-26)40(53)49-36(44(57)58)24-28-15-19-31(20-16-28)45-42(37)55/h1-21,33-38,50-51H,22-25H2,(H,45,55)(H,46,52)(H,47,54)(H,48,56)(H,49,53)(H,57,58)/t33-,34-,35-,36+,37+,38+/m0/s1. The van der Waals surface area contributed by atoms with Gasteiger partial charge in [-0.05, 0) is 51.4 Å². The third kappa shape index (κ3) is 11.5. The molecule has 7 rings (SSSR count). The van der Waals surface area contributed by atoms with Crippen LogP contribution >= 0.6 is 11.3 Å². The molecule has 0 radical (unpaired) electrons. The molecule has 5 amide bonds. The lowest BCUT2D eigenvalue weighted by molar-refractivity contribution is -0.145. The largest absolute Gasteiger partial charge is 0.480 e. The molecule has 0 unspecified atom stereocenters. The van der Waals surface area contributed by atoms with Crippen molar-refractivity contribution in [2.45, 2.75) is 62.1 Å². The van der Waals surface area contributed by atoms with E-state index in [1.807, 2.05) is 42.5 Å². The maximum atomic E-state index is 14.4. The fourth-order valence-corrected chi connectivity index (χ4v) is 7.30. The third-order valence-electron chi connectivity index (χ3n) is 9.78. The highest BCUT2D eigenvalue weighted by atomic mass is 32.1. The summed E-state index contributed by atoms with van der Waals surface area (Å²) in [5.41, 5.74) is 3.80. The number of nitrogens with one attached hydrogen (secondary N) is 5. The molecule has 0 aliphatic carbocycles. The molecule has 0 fully saturated rings. The lowest BCUT2D eigenvalue weighted by atomic mass is 9.99. The summed E-state index contributed by atoms with van der Waals surface area (Å²) in [5.74, 6) is -6.08. The van der Waals surface area contributed by atoms with Gasteiger partial charge in [-0.3, -0.25) is 24.0 Å². The van der Waals surface area contributed by atoms with Gasteiger partial charge in [0, 0.05) is 36.2 Å². The number of aliphatic hydroxyl groups is 2. The number of rotatable bonds is 8. The Bertz CT molecular complexity index is 2240. The monoisotopic (exact) mass is 817 g/mol. The minimum absolute atomic E-state index is 0.0249. The molecule has 15 heteroatoms. The first-order valence-corrected chi connectivity index (χ1v) is 19.7. The molecule has 304 valence electrons. The number of hydrogen-bond donors (Lipinski definition) is 8. The van der Waals surface area contributed by atoms with Crippen LogP contribution < -0.4 is 26.6 Å². The van der Waals surface area contributed by atoms with Gasteiger partial charge in [0.05, 0.1) is 0 Å². The van der Waals surface area contributed by atoms with Gasteiger partial charge >= 0.3 is 5.97 Å². The Morgan fingerprint density at radius 3 is 1.63 bits per heavy atom. The lowest BCUT2D eigenvalue weighted by Crippen LogP contribution is -2.60. The van der Waals surface area contributed by atoms with Crippen molar-refractivity contribution in [3.63, 3.8) is 0 Å². The van der Waals surface area contributed by atoms with Crippen LogP contribution in [0.3, 0.4) is 0 Å². The summed E-state index contributed by atoms with van der Waals surface area (Å²) in [6, 6.07) is 29.6. The van der Waals surface area contributed by atoms with Crippen molar-refractivity contribution in [3.05, 3.63) is 148 Å². The van der Waals surface area contributed by atoms with Crippen molar-refractivity contribution < 1.29 is 44.1 Å². The molecule has 8 N–H and O–H groups in total. The molecular weight excluding hydrogens is 775 g/mol. The van der Waals surface area contributed by atoms with Crippen LogP contribution in [0, 0.1) is 0 Å². The summed E-state index contributed by atoms with van der Waals surface area (Å²) in [4.78, 5) is 82.0. The molecule has 1 aromatic heterocycles. The summed E-state index contributed by atoms with van der Waals surface area (Å²) in [7, 11) is 0. The average Bonchev–Trinajstić information content (AvgIpc) is 3.76. The third-order valence-corrected chi connectivity index (χ3v) is 10.7. The van der Waals surface area contributed by atoms with Gasteiger partial charge < -0.3 is 41.9 Å². The van der Waals surface area contributed by atoms with Crippen molar-refractivity contribution in [2.24, 2.45) is 0 Å². The Hall–Kier alpha value is -6.68. The molecule has 4 aromatic carbocycles. The van der Waals surface area contributed by atoms with Crippen molar-refractivity contribution in [2.75, 3.05) is 5.32 Å². The fraction of sp³-hybridized carbons (Fsp3) is 0.227. The number of carboxylic acids is 1. The predicted octanol–water partition coefficient (Wildman–Crippen LogP) is 2.38. The van der Waals surface area contributed by atoms with Crippen LogP contribution in [-0.2, 0) is 54.5 Å². The molecule has 59 heavy (non-hydrogen) atoms. The molecule has 5 aromatic rings. The minimum Gasteiger partial charge on any atom is -0.480 e. The topological polar surface area (TPSA) is 223 Å². The molecular formula is C44H43N5O9S. The highest BCUT2D eigenvalue weighted by Crippen LogP contribution is 2.21. The summed E-state index contributed by atoms with van der Waals surface area (Å²) in [5, 5.41) is 46.3. The van der Waals surface area contributed by atoms with Crippen LogP contribution in [0.5, 0.6) is 0 Å². The molecule has 0 saturated heterocycles. The van der Waals surface area contributed by atoms with E-state index in [4.69, 9.17) is 0 Å². The molecule has 2 aliphatic rings. The van der Waals surface area contributed by atoms with Crippen molar-refractivity contribution >= 4 is 52.5 Å². The van der Waals surface area contributed by atoms with Gasteiger partial charge in [-0.15, -0.1) is 11.3 Å². The number of fused-ring (bicyclic) bond motifs is 18. The van der Waals surface area contributed by atoms with E-state index in [1.54, 1.807) is 60.0 Å². The van der Waals surface area contributed by atoms with Crippen LogP contribution in [-0.4, -0.2) is 87.2 Å². The zero-order valence-corrected chi connectivity index (χ0v) is 32.4. The van der Waals surface area contributed by atoms with E-state index in [-0.39, 0.29) is 31.4 Å². The van der Waals surface area contributed by atoms with Crippen molar-refractivity contribution in [3.8, 4) is 11.1 Å². The molecule has 0 spiro atoms.